The van der Waals surface area contributed by atoms with Crippen molar-refractivity contribution in [2.24, 2.45) is 0 Å². The Morgan fingerprint density at radius 2 is 1.83 bits per heavy atom. The number of carbonyl (C=O) groups is 1. The highest BCUT2D eigenvalue weighted by Gasteiger charge is 2.17. The fraction of sp³-hybridized carbons (Fsp3) is 0.192. The van der Waals surface area contributed by atoms with Crippen molar-refractivity contribution in [2.45, 2.75) is 26.2 Å². The molecule has 0 unspecified atom stereocenters. The lowest BCUT2D eigenvalue weighted by Crippen LogP contribution is -2.07. The van der Waals surface area contributed by atoms with Gasteiger partial charge in [0.25, 0.3) is 0 Å². The molecule has 29 heavy (non-hydrogen) atoms. The maximum Gasteiger partial charge on any atom is 0.338 e. The van der Waals surface area contributed by atoms with Crippen LogP contribution in [-0.4, -0.2) is 12.6 Å². The third-order valence-electron chi connectivity index (χ3n) is 5.28. The van der Waals surface area contributed by atoms with E-state index < -0.39 is 5.97 Å². The maximum absolute atomic E-state index is 13.9. The van der Waals surface area contributed by atoms with Crippen molar-refractivity contribution < 1.29 is 13.9 Å². The molecule has 0 amide bonds. The van der Waals surface area contributed by atoms with Gasteiger partial charge in [-0.25, -0.2) is 9.18 Å². The summed E-state index contributed by atoms with van der Waals surface area (Å²) in [6, 6.07) is 20.8. The quantitative estimate of drug-likeness (QED) is 0.485. The first-order valence-corrected chi connectivity index (χ1v) is 9.97. The molecule has 0 spiro atoms. The van der Waals surface area contributed by atoms with E-state index >= 15 is 0 Å². The summed E-state index contributed by atoms with van der Waals surface area (Å²) in [5.41, 5.74) is 6.95. The van der Waals surface area contributed by atoms with Crippen molar-refractivity contribution in [1.82, 2.24) is 0 Å². The van der Waals surface area contributed by atoms with Gasteiger partial charge in [0.1, 0.15) is 5.82 Å². The predicted octanol–water partition coefficient (Wildman–Crippen LogP) is 6.24. The van der Waals surface area contributed by atoms with Crippen molar-refractivity contribution >= 4 is 12.0 Å². The minimum absolute atomic E-state index is 0.287. The Hall–Kier alpha value is -3.20. The first-order chi connectivity index (χ1) is 14.1. The number of halogens is 1. The lowest BCUT2D eigenvalue weighted by atomic mass is 9.87. The molecule has 0 saturated carbocycles. The Kier molecular flexibility index (Phi) is 5.57. The third kappa shape index (κ3) is 4.29. The number of esters is 1. The smallest absolute Gasteiger partial charge is 0.338 e. The molecule has 0 bridgehead atoms. The van der Waals surface area contributed by atoms with Gasteiger partial charge in [-0.2, -0.15) is 0 Å². The van der Waals surface area contributed by atoms with Crippen LogP contribution in [-0.2, 0) is 17.6 Å². The molecule has 0 aromatic heterocycles. The number of ether oxygens (including phenoxy) is 1. The number of benzene rings is 3. The number of allylic oxidation sites excluding steroid dienone is 1. The van der Waals surface area contributed by atoms with Crippen LogP contribution in [0, 0.1) is 5.82 Å². The van der Waals surface area contributed by atoms with Gasteiger partial charge in [0.05, 0.1) is 12.2 Å². The second kappa shape index (κ2) is 8.44. The van der Waals surface area contributed by atoms with E-state index in [9.17, 15) is 9.18 Å². The van der Waals surface area contributed by atoms with Crippen LogP contribution in [0.4, 0.5) is 4.39 Å². The van der Waals surface area contributed by atoms with Gasteiger partial charge in [0, 0.05) is 0 Å². The van der Waals surface area contributed by atoms with Gasteiger partial charge in [0.15, 0.2) is 0 Å². The molecule has 0 fully saturated rings. The van der Waals surface area contributed by atoms with Gasteiger partial charge in [0.2, 0.25) is 0 Å². The molecule has 0 heterocycles. The first kappa shape index (κ1) is 19.1. The fourth-order valence-corrected chi connectivity index (χ4v) is 3.86. The summed E-state index contributed by atoms with van der Waals surface area (Å²) >= 11 is 0. The molecule has 0 radical (unpaired) electrons. The summed E-state index contributed by atoms with van der Waals surface area (Å²) in [4.78, 5) is 12.3. The van der Waals surface area contributed by atoms with E-state index in [-0.39, 0.29) is 12.4 Å². The Bertz CT molecular complexity index is 1070. The number of hydrogen-bond donors (Lipinski definition) is 0. The average molecular weight is 386 g/mol. The van der Waals surface area contributed by atoms with Gasteiger partial charge >= 0.3 is 5.97 Å². The Labute approximate surface area is 170 Å². The zero-order valence-corrected chi connectivity index (χ0v) is 16.5. The monoisotopic (exact) mass is 386 g/mol. The third-order valence-corrected chi connectivity index (χ3v) is 5.28. The highest BCUT2D eigenvalue weighted by Crippen LogP contribution is 2.32. The summed E-state index contributed by atoms with van der Waals surface area (Å²) in [5, 5.41) is 0. The van der Waals surface area contributed by atoms with Gasteiger partial charge in [-0.05, 0) is 72.2 Å². The number of fused-ring (bicyclic) bond motifs is 1. The summed E-state index contributed by atoms with van der Waals surface area (Å²) in [5.74, 6) is -0.791. The summed E-state index contributed by atoms with van der Waals surface area (Å²) in [7, 11) is 0. The lowest BCUT2D eigenvalue weighted by molar-refractivity contribution is 0.0527. The second-order valence-corrected chi connectivity index (χ2v) is 7.29. The van der Waals surface area contributed by atoms with E-state index in [1.54, 1.807) is 6.92 Å². The molecule has 0 atom stereocenters. The minimum atomic E-state index is -0.426. The number of aryl methyl sites for hydroxylation is 1. The minimum Gasteiger partial charge on any atom is -0.462 e. The van der Waals surface area contributed by atoms with Crippen molar-refractivity contribution in [3.8, 4) is 11.1 Å². The molecule has 0 N–H and O–H groups in total. The van der Waals surface area contributed by atoms with Crippen LogP contribution in [0.3, 0.4) is 0 Å². The van der Waals surface area contributed by atoms with Crippen molar-refractivity contribution in [1.29, 1.82) is 0 Å². The van der Waals surface area contributed by atoms with Gasteiger partial charge in [-0.3, -0.25) is 0 Å². The van der Waals surface area contributed by atoms with E-state index in [2.05, 4.69) is 42.5 Å². The Morgan fingerprint density at radius 1 is 1.00 bits per heavy atom. The van der Waals surface area contributed by atoms with Gasteiger partial charge in [-0.1, -0.05) is 60.2 Å². The van der Waals surface area contributed by atoms with E-state index in [0.717, 1.165) is 24.8 Å². The number of carbonyl (C=O) groups excluding carboxylic acids is 1. The lowest BCUT2D eigenvalue weighted by Gasteiger charge is -2.18. The van der Waals surface area contributed by atoms with Gasteiger partial charge < -0.3 is 4.74 Å². The molecule has 1 aliphatic rings. The van der Waals surface area contributed by atoms with Gasteiger partial charge in [-0.15, -0.1) is 0 Å². The summed E-state index contributed by atoms with van der Waals surface area (Å²) < 4.78 is 19.1. The standard InChI is InChI=1S/C26H23FO2/c1-2-29-26(28)24-13-12-23(27)17-25(24)22-11-10-20-15-19(8-9-21(20)16-22)14-18-6-4-3-5-7-18/h3-7,10-13,15-17H,2,8-9,14H2,1H3. The molecular weight excluding hydrogens is 363 g/mol. The van der Waals surface area contributed by atoms with Crippen molar-refractivity contribution in [3.63, 3.8) is 0 Å². The molecule has 3 aromatic rings. The van der Waals surface area contributed by atoms with Crippen LogP contribution in [0.2, 0.25) is 0 Å². The molecule has 0 aliphatic heterocycles. The molecule has 3 aromatic carbocycles. The first-order valence-electron chi connectivity index (χ1n) is 9.97. The summed E-state index contributed by atoms with van der Waals surface area (Å²) in [6.45, 7) is 2.05. The molecule has 4 rings (SSSR count). The van der Waals surface area contributed by atoms with E-state index in [1.807, 2.05) is 12.1 Å². The molecular formula is C26H23FO2. The van der Waals surface area contributed by atoms with E-state index in [0.29, 0.717) is 11.1 Å². The van der Waals surface area contributed by atoms with Crippen LogP contribution < -0.4 is 0 Å². The fourth-order valence-electron chi connectivity index (χ4n) is 3.86. The molecule has 146 valence electrons. The van der Waals surface area contributed by atoms with Crippen LogP contribution in [0.1, 0.15) is 40.4 Å². The summed E-state index contributed by atoms with van der Waals surface area (Å²) in [6.07, 6.45) is 5.15. The average Bonchev–Trinajstić information content (AvgIpc) is 2.74. The maximum atomic E-state index is 13.9. The highest BCUT2D eigenvalue weighted by atomic mass is 19.1. The normalized spacial score (nSPS) is 12.8. The zero-order chi connectivity index (χ0) is 20.2. The van der Waals surface area contributed by atoms with Crippen LogP contribution in [0.25, 0.3) is 17.2 Å². The van der Waals surface area contributed by atoms with Crippen LogP contribution in [0.15, 0.2) is 72.3 Å². The largest absolute Gasteiger partial charge is 0.462 e. The number of hydrogen-bond acceptors (Lipinski definition) is 2. The van der Waals surface area contributed by atoms with Crippen molar-refractivity contribution in [2.75, 3.05) is 6.61 Å². The molecule has 0 saturated heterocycles. The second-order valence-electron chi connectivity index (χ2n) is 7.29. The highest BCUT2D eigenvalue weighted by molar-refractivity contribution is 5.97. The molecule has 3 heteroatoms. The van der Waals surface area contributed by atoms with Crippen molar-refractivity contribution in [3.05, 3.63) is 100 Å². The van der Waals surface area contributed by atoms with E-state index in [4.69, 9.17) is 4.74 Å². The SMILES string of the molecule is CCOC(=O)c1ccc(F)cc1-c1ccc2c(c1)CCC(Cc1ccccc1)=C2. The zero-order valence-electron chi connectivity index (χ0n) is 16.5. The molecule has 1 aliphatic carbocycles. The Morgan fingerprint density at radius 3 is 2.62 bits per heavy atom. The Balaban J connectivity index is 1.65. The molecule has 2 nitrogen and oxygen atoms in total. The topological polar surface area (TPSA) is 26.3 Å². The van der Waals surface area contributed by atoms with Crippen LogP contribution in [0.5, 0.6) is 0 Å². The predicted molar refractivity (Wildman–Crippen MR) is 114 cm³/mol. The number of rotatable bonds is 5. The van der Waals surface area contributed by atoms with E-state index in [1.165, 1.54) is 40.5 Å². The van der Waals surface area contributed by atoms with Crippen LogP contribution >= 0.6 is 0 Å².